The van der Waals surface area contributed by atoms with E-state index in [4.69, 9.17) is 4.74 Å². The van der Waals surface area contributed by atoms with Gasteiger partial charge in [-0.2, -0.15) is 0 Å². The van der Waals surface area contributed by atoms with Crippen molar-refractivity contribution in [3.8, 4) is 0 Å². The average molecular weight is 521 g/mol. The molecule has 0 saturated heterocycles. The van der Waals surface area contributed by atoms with Gasteiger partial charge in [-0.15, -0.1) is 0 Å². The van der Waals surface area contributed by atoms with Crippen LogP contribution in [-0.2, 0) is 20.7 Å². The second-order valence-electron chi connectivity index (χ2n) is 7.85. The average Bonchev–Trinajstić information content (AvgIpc) is 3.09. The molecule has 3 amide bonds. The Hall–Kier alpha value is -3.78. The van der Waals surface area contributed by atoms with E-state index in [2.05, 4.69) is 21.2 Å². The SMILES string of the molecule is Cc1cc(NC(=O)COC(=O)[C@@H](Cc2ccccc2)N2C(=O)c3ccccc3C2=O)ccc1Br. The van der Waals surface area contributed by atoms with Gasteiger partial charge in [-0.25, -0.2) is 4.79 Å². The van der Waals surface area contributed by atoms with Crippen molar-refractivity contribution in [2.24, 2.45) is 0 Å². The summed E-state index contributed by atoms with van der Waals surface area (Å²) < 4.78 is 6.17. The van der Waals surface area contributed by atoms with E-state index in [1.807, 2.05) is 13.0 Å². The molecule has 0 unspecified atom stereocenters. The summed E-state index contributed by atoms with van der Waals surface area (Å²) >= 11 is 3.40. The molecule has 34 heavy (non-hydrogen) atoms. The molecule has 3 aromatic carbocycles. The molecule has 7 nitrogen and oxygen atoms in total. The van der Waals surface area contributed by atoms with E-state index >= 15 is 0 Å². The minimum absolute atomic E-state index is 0.0681. The van der Waals surface area contributed by atoms with Crippen LogP contribution in [0.5, 0.6) is 0 Å². The summed E-state index contributed by atoms with van der Waals surface area (Å²) in [5.41, 5.74) is 2.71. The van der Waals surface area contributed by atoms with Gasteiger partial charge >= 0.3 is 5.97 Å². The number of halogens is 1. The number of amides is 3. The summed E-state index contributed by atoms with van der Waals surface area (Å²) in [5.74, 6) is -2.49. The van der Waals surface area contributed by atoms with E-state index in [0.29, 0.717) is 5.69 Å². The number of imide groups is 1. The Labute approximate surface area is 204 Å². The predicted molar refractivity (Wildman–Crippen MR) is 129 cm³/mol. The van der Waals surface area contributed by atoms with Gasteiger partial charge in [0.05, 0.1) is 11.1 Å². The number of aryl methyl sites for hydroxylation is 1. The molecule has 1 N–H and O–H groups in total. The maximum Gasteiger partial charge on any atom is 0.330 e. The Morgan fingerprint density at radius 1 is 0.941 bits per heavy atom. The standard InChI is InChI=1S/C26H21BrN2O5/c1-16-13-18(11-12-21(16)27)28-23(30)15-34-26(33)22(14-17-7-3-2-4-8-17)29-24(31)19-9-5-6-10-20(19)25(29)32/h2-13,22H,14-15H2,1H3,(H,28,30)/t22-/m1/s1. The van der Waals surface area contributed by atoms with Gasteiger partial charge in [0.25, 0.3) is 17.7 Å². The van der Waals surface area contributed by atoms with Crippen LogP contribution in [0.4, 0.5) is 5.69 Å². The predicted octanol–water partition coefficient (Wildman–Crippen LogP) is 4.15. The number of nitrogens with zero attached hydrogens (tertiary/aromatic N) is 1. The number of anilines is 1. The van der Waals surface area contributed by atoms with Crippen molar-refractivity contribution >= 4 is 45.3 Å². The summed E-state index contributed by atoms with van der Waals surface area (Å²) in [5, 5.41) is 2.67. The number of fused-ring (bicyclic) bond motifs is 1. The molecule has 0 spiro atoms. The summed E-state index contributed by atoms with van der Waals surface area (Å²) in [7, 11) is 0. The number of esters is 1. The number of hydrogen-bond acceptors (Lipinski definition) is 5. The number of carbonyl (C=O) groups is 4. The highest BCUT2D eigenvalue weighted by Gasteiger charge is 2.43. The van der Waals surface area contributed by atoms with Crippen LogP contribution in [0.3, 0.4) is 0 Å². The second kappa shape index (κ2) is 10.0. The van der Waals surface area contributed by atoms with E-state index < -0.39 is 36.3 Å². The van der Waals surface area contributed by atoms with Crippen LogP contribution < -0.4 is 5.32 Å². The van der Waals surface area contributed by atoms with E-state index in [1.54, 1.807) is 66.7 Å². The van der Waals surface area contributed by atoms with Crippen molar-refractivity contribution in [1.82, 2.24) is 4.90 Å². The maximum absolute atomic E-state index is 13.1. The van der Waals surface area contributed by atoms with Crippen molar-refractivity contribution in [3.63, 3.8) is 0 Å². The lowest BCUT2D eigenvalue weighted by molar-refractivity contribution is -0.151. The normalized spacial score (nSPS) is 13.4. The van der Waals surface area contributed by atoms with Crippen LogP contribution in [0, 0.1) is 6.92 Å². The van der Waals surface area contributed by atoms with Crippen LogP contribution in [0.1, 0.15) is 31.8 Å². The number of rotatable bonds is 7. The van der Waals surface area contributed by atoms with Crippen LogP contribution in [-0.4, -0.2) is 41.2 Å². The molecule has 0 aliphatic carbocycles. The zero-order chi connectivity index (χ0) is 24.2. The van der Waals surface area contributed by atoms with Crippen molar-refractivity contribution < 1.29 is 23.9 Å². The lowest BCUT2D eigenvalue weighted by Gasteiger charge is -2.24. The highest BCUT2D eigenvalue weighted by Crippen LogP contribution is 2.26. The molecule has 4 rings (SSSR count). The smallest absolute Gasteiger partial charge is 0.330 e. The number of benzene rings is 3. The Kier molecular flexibility index (Phi) is 6.88. The minimum Gasteiger partial charge on any atom is -0.454 e. The first-order valence-electron chi connectivity index (χ1n) is 10.6. The maximum atomic E-state index is 13.1. The summed E-state index contributed by atoms with van der Waals surface area (Å²) in [6.45, 7) is 1.33. The zero-order valence-corrected chi connectivity index (χ0v) is 19.9. The molecule has 0 fully saturated rings. The fourth-order valence-electron chi connectivity index (χ4n) is 3.76. The van der Waals surface area contributed by atoms with Gasteiger partial charge in [0.15, 0.2) is 6.61 Å². The Morgan fingerprint density at radius 2 is 1.56 bits per heavy atom. The Bertz CT molecular complexity index is 1240. The fourth-order valence-corrected chi connectivity index (χ4v) is 4.01. The van der Waals surface area contributed by atoms with E-state index in [9.17, 15) is 19.2 Å². The van der Waals surface area contributed by atoms with Crippen molar-refractivity contribution in [1.29, 1.82) is 0 Å². The first-order valence-corrected chi connectivity index (χ1v) is 11.4. The molecule has 1 aliphatic heterocycles. The van der Waals surface area contributed by atoms with E-state index in [-0.39, 0.29) is 17.5 Å². The zero-order valence-electron chi connectivity index (χ0n) is 18.3. The molecule has 1 atom stereocenters. The topological polar surface area (TPSA) is 92.8 Å². The van der Waals surface area contributed by atoms with Gasteiger partial charge in [-0.05, 0) is 48.4 Å². The van der Waals surface area contributed by atoms with Crippen molar-refractivity contribution in [2.45, 2.75) is 19.4 Å². The van der Waals surface area contributed by atoms with Gasteiger partial charge in [-0.3, -0.25) is 19.3 Å². The van der Waals surface area contributed by atoms with Gasteiger partial charge in [0.1, 0.15) is 6.04 Å². The minimum atomic E-state index is -1.21. The molecule has 1 aliphatic rings. The third-order valence-corrected chi connectivity index (χ3v) is 6.36. The molecule has 0 radical (unpaired) electrons. The van der Waals surface area contributed by atoms with Gasteiger partial charge in [-0.1, -0.05) is 58.4 Å². The highest BCUT2D eigenvalue weighted by molar-refractivity contribution is 9.10. The summed E-state index contributed by atoms with van der Waals surface area (Å²) in [6.07, 6.45) is 0.0681. The lowest BCUT2D eigenvalue weighted by Crippen LogP contribution is -2.47. The van der Waals surface area contributed by atoms with Gasteiger partial charge < -0.3 is 10.1 Å². The van der Waals surface area contributed by atoms with E-state index in [1.165, 1.54) is 0 Å². The van der Waals surface area contributed by atoms with Crippen molar-refractivity contribution in [2.75, 3.05) is 11.9 Å². The molecule has 172 valence electrons. The van der Waals surface area contributed by atoms with Gasteiger partial charge in [0, 0.05) is 16.6 Å². The molecule has 0 bridgehead atoms. The van der Waals surface area contributed by atoms with Crippen LogP contribution >= 0.6 is 15.9 Å². The molecular weight excluding hydrogens is 500 g/mol. The van der Waals surface area contributed by atoms with E-state index in [0.717, 1.165) is 20.5 Å². The first kappa shape index (κ1) is 23.4. The first-order chi connectivity index (χ1) is 16.3. The largest absolute Gasteiger partial charge is 0.454 e. The molecule has 0 aromatic heterocycles. The van der Waals surface area contributed by atoms with Crippen molar-refractivity contribution in [3.05, 3.63) is 99.5 Å². The summed E-state index contributed by atoms with van der Waals surface area (Å²) in [6, 6.07) is 19.5. The molecule has 0 saturated carbocycles. The molecular formula is C26H21BrN2O5. The summed E-state index contributed by atoms with van der Waals surface area (Å²) in [4.78, 5) is 52.4. The van der Waals surface area contributed by atoms with Gasteiger partial charge in [0.2, 0.25) is 0 Å². The Morgan fingerprint density at radius 3 is 2.18 bits per heavy atom. The Balaban J connectivity index is 1.50. The number of carbonyl (C=O) groups excluding carboxylic acids is 4. The number of nitrogens with one attached hydrogen (secondary N) is 1. The van der Waals surface area contributed by atoms with Crippen LogP contribution in [0.25, 0.3) is 0 Å². The quantitative estimate of drug-likeness (QED) is 0.373. The third-order valence-electron chi connectivity index (χ3n) is 5.47. The molecule has 8 heteroatoms. The molecule has 3 aromatic rings. The molecule has 1 heterocycles. The number of hydrogen-bond donors (Lipinski definition) is 1. The third kappa shape index (κ3) is 4.92. The van der Waals surface area contributed by atoms with Crippen LogP contribution in [0.2, 0.25) is 0 Å². The van der Waals surface area contributed by atoms with Crippen LogP contribution in [0.15, 0.2) is 77.3 Å². The fraction of sp³-hybridized carbons (Fsp3) is 0.154. The highest BCUT2D eigenvalue weighted by atomic mass is 79.9. The monoisotopic (exact) mass is 520 g/mol. The lowest BCUT2D eigenvalue weighted by atomic mass is 10.0. The second-order valence-corrected chi connectivity index (χ2v) is 8.71. The number of ether oxygens (including phenoxy) is 1.